The van der Waals surface area contributed by atoms with Crippen LogP contribution in [0.2, 0.25) is 5.02 Å². The molecule has 2 aromatic rings. The molecule has 0 aromatic heterocycles. The Kier molecular flexibility index (Phi) is 11.3. The first-order valence-electron chi connectivity index (χ1n) is 14.9. The number of anilines is 1. The Labute approximate surface area is 254 Å². The Morgan fingerprint density at radius 2 is 1.95 bits per heavy atom. The average Bonchev–Trinajstić information content (AvgIpc) is 2.95. The highest BCUT2D eigenvalue weighted by Gasteiger charge is 2.37. The van der Waals surface area contributed by atoms with Crippen LogP contribution in [0.5, 0.6) is 5.75 Å². The van der Waals surface area contributed by atoms with Gasteiger partial charge in [0.2, 0.25) is 10.0 Å². The molecule has 4 rings (SSSR count). The lowest BCUT2D eigenvalue weighted by molar-refractivity contribution is 0.0459. The summed E-state index contributed by atoms with van der Waals surface area (Å²) < 4.78 is 29.2. The van der Waals surface area contributed by atoms with Gasteiger partial charge in [0.15, 0.2) is 0 Å². The molecule has 0 radical (unpaired) electrons. The van der Waals surface area contributed by atoms with Gasteiger partial charge in [-0.1, -0.05) is 43.2 Å². The predicted molar refractivity (Wildman–Crippen MR) is 167 cm³/mol. The van der Waals surface area contributed by atoms with Crippen LogP contribution in [0.1, 0.15) is 73.4 Å². The number of benzene rings is 2. The molecule has 0 bridgehead atoms. The zero-order chi connectivity index (χ0) is 30.3. The molecule has 1 fully saturated rings. The number of nitrogens with zero attached hydrogens (tertiary/aromatic N) is 1. The van der Waals surface area contributed by atoms with E-state index in [9.17, 15) is 23.4 Å². The van der Waals surface area contributed by atoms with Gasteiger partial charge in [0.1, 0.15) is 12.4 Å². The molecule has 1 saturated carbocycles. The second kappa shape index (κ2) is 14.7. The quantitative estimate of drug-likeness (QED) is 0.271. The lowest BCUT2D eigenvalue weighted by Gasteiger charge is -2.42. The van der Waals surface area contributed by atoms with E-state index in [1.807, 2.05) is 30.4 Å². The number of ether oxygens (including phenoxy) is 1. The summed E-state index contributed by atoms with van der Waals surface area (Å²) in [4.78, 5) is 14.1. The monoisotopic (exact) mass is 618 g/mol. The summed E-state index contributed by atoms with van der Waals surface area (Å²) in [5.41, 5.74) is 3.20. The molecule has 10 heteroatoms. The minimum atomic E-state index is -3.53. The van der Waals surface area contributed by atoms with Crippen molar-refractivity contribution in [1.82, 2.24) is 0 Å². The highest BCUT2D eigenvalue weighted by molar-refractivity contribution is 7.89. The molecular formula is C32H43ClN2O6S. The summed E-state index contributed by atoms with van der Waals surface area (Å²) in [5, 5.41) is 26.7. The van der Waals surface area contributed by atoms with Crippen LogP contribution in [0.25, 0.3) is 0 Å². The summed E-state index contributed by atoms with van der Waals surface area (Å²) in [6.07, 6.45) is 9.93. The van der Waals surface area contributed by atoms with Crippen LogP contribution in [0.3, 0.4) is 0 Å². The maximum absolute atomic E-state index is 11.9. The predicted octanol–water partition coefficient (Wildman–Crippen LogP) is 5.80. The zero-order valence-corrected chi connectivity index (χ0v) is 25.8. The van der Waals surface area contributed by atoms with Crippen LogP contribution in [-0.4, -0.2) is 49.5 Å². The SMILES string of the molecule is CCCC(/C=C/[C@H](O)[C@@H]1CC[C@H]1CN1CCCCc2cc(Cl)ccc2COc2ccc(C(=O)O)cc21)CCS(N)(=O)=O. The van der Waals surface area contributed by atoms with Crippen molar-refractivity contribution < 1.29 is 28.2 Å². The Bertz CT molecular complexity index is 1360. The van der Waals surface area contributed by atoms with Gasteiger partial charge in [-0.15, -0.1) is 0 Å². The first-order valence-corrected chi connectivity index (χ1v) is 17.0. The topological polar surface area (TPSA) is 130 Å². The number of aliphatic hydroxyl groups is 1. The number of halogens is 1. The van der Waals surface area contributed by atoms with Gasteiger partial charge in [-0.3, -0.25) is 0 Å². The summed E-state index contributed by atoms with van der Waals surface area (Å²) in [7, 11) is -3.53. The lowest BCUT2D eigenvalue weighted by Crippen LogP contribution is -2.43. The molecule has 1 unspecified atom stereocenters. The van der Waals surface area contributed by atoms with Crippen molar-refractivity contribution in [3.63, 3.8) is 0 Å². The number of aliphatic hydroxyl groups excluding tert-OH is 1. The Morgan fingerprint density at radius 1 is 1.14 bits per heavy atom. The number of nitrogens with two attached hydrogens (primary N) is 1. The first kappa shape index (κ1) is 32.3. The molecule has 230 valence electrons. The smallest absolute Gasteiger partial charge is 0.335 e. The Hall–Kier alpha value is -2.59. The van der Waals surface area contributed by atoms with E-state index >= 15 is 0 Å². The number of hydrogen-bond donors (Lipinski definition) is 3. The van der Waals surface area contributed by atoms with E-state index in [0.29, 0.717) is 30.3 Å². The van der Waals surface area contributed by atoms with Crippen molar-refractivity contribution in [2.45, 2.75) is 71.0 Å². The molecular weight excluding hydrogens is 576 g/mol. The first-order chi connectivity index (χ1) is 20.0. The van der Waals surface area contributed by atoms with Gasteiger partial charge in [0, 0.05) is 18.1 Å². The molecule has 4 atom stereocenters. The summed E-state index contributed by atoms with van der Waals surface area (Å²) in [5.74, 6) is -0.0871. The second-order valence-electron chi connectivity index (χ2n) is 11.7. The van der Waals surface area contributed by atoms with Crippen LogP contribution in [0, 0.1) is 17.8 Å². The minimum absolute atomic E-state index is 0.0462. The van der Waals surface area contributed by atoms with Crippen LogP contribution in [0.15, 0.2) is 48.6 Å². The molecule has 2 aliphatic rings. The number of primary sulfonamides is 1. The van der Waals surface area contributed by atoms with Crippen LogP contribution in [-0.2, 0) is 23.1 Å². The van der Waals surface area contributed by atoms with Crippen LogP contribution >= 0.6 is 11.6 Å². The van der Waals surface area contributed by atoms with E-state index < -0.39 is 22.1 Å². The molecule has 1 aliphatic heterocycles. The number of carboxylic acid groups (broad SMARTS) is 1. The van der Waals surface area contributed by atoms with Crippen molar-refractivity contribution in [1.29, 1.82) is 0 Å². The fraction of sp³-hybridized carbons (Fsp3) is 0.531. The average molecular weight is 619 g/mol. The maximum atomic E-state index is 11.9. The lowest BCUT2D eigenvalue weighted by atomic mass is 9.70. The molecule has 0 saturated heterocycles. The summed E-state index contributed by atoms with van der Waals surface area (Å²) in [6, 6.07) is 10.9. The number of carbonyl (C=O) groups is 1. The fourth-order valence-corrected chi connectivity index (χ4v) is 6.89. The van der Waals surface area contributed by atoms with Crippen molar-refractivity contribution in [2.75, 3.05) is 23.7 Å². The molecule has 2 aromatic carbocycles. The van der Waals surface area contributed by atoms with Gasteiger partial charge in [-0.25, -0.2) is 18.4 Å². The van der Waals surface area contributed by atoms with Gasteiger partial charge >= 0.3 is 5.97 Å². The fourth-order valence-electron chi connectivity index (χ4n) is 6.06. The van der Waals surface area contributed by atoms with E-state index in [1.165, 1.54) is 5.56 Å². The van der Waals surface area contributed by atoms with Crippen molar-refractivity contribution in [3.05, 3.63) is 70.3 Å². The summed E-state index contributed by atoms with van der Waals surface area (Å²) >= 11 is 6.28. The zero-order valence-electron chi connectivity index (χ0n) is 24.3. The number of allylic oxidation sites excluding steroid dienone is 1. The Morgan fingerprint density at radius 3 is 2.64 bits per heavy atom. The van der Waals surface area contributed by atoms with Crippen molar-refractivity contribution in [3.8, 4) is 5.75 Å². The Balaban J connectivity index is 1.51. The molecule has 0 amide bonds. The number of fused-ring (bicyclic) bond motifs is 2. The highest BCUT2D eigenvalue weighted by Crippen LogP contribution is 2.41. The van der Waals surface area contributed by atoms with Gasteiger partial charge in [-0.2, -0.15) is 0 Å². The number of rotatable bonds is 11. The number of aryl methyl sites for hydroxylation is 1. The molecule has 8 nitrogen and oxygen atoms in total. The van der Waals surface area contributed by atoms with E-state index in [1.54, 1.807) is 18.2 Å². The summed E-state index contributed by atoms with van der Waals surface area (Å²) in [6.45, 7) is 3.82. The molecule has 42 heavy (non-hydrogen) atoms. The van der Waals surface area contributed by atoms with Crippen LogP contribution < -0.4 is 14.8 Å². The van der Waals surface area contributed by atoms with Crippen molar-refractivity contribution >= 4 is 33.3 Å². The normalized spacial score (nSPS) is 20.9. The van der Waals surface area contributed by atoms with E-state index in [0.717, 1.165) is 62.7 Å². The van der Waals surface area contributed by atoms with Crippen LogP contribution in [0.4, 0.5) is 5.69 Å². The number of aromatic carboxylic acids is 1. The molecule has 1 heterocycles. The van der Waals surface area contributed by atoms with E-state index in [4.69, 9.17) is 21.5 Å². The molecule has 0 spiro atoms. The van der Waals surface area contributed by atoms with Gasteiger partial charge < -0.3 is 19.8 Å². The van der Waals surface area contributed by atoms with E-state index in [2.05, 4.69) is 11.8 Å². The largest absolute Gasteiger partial charge is 0.487 e. The third kappa shape index (κ3) is 8.96. The number of hydrogen-bond acceptors (Lipinski definition) is 6. The maximum Gasteiger partial charge on any atom is 0.335 e. The molecule has 1 aliphatic carbocycles. The third-order valence-electron chi connectivity index (χ3n) is 8.61. The highest BCUT2D eigenvalue weighted by atomic mass is 35.5. The third-order valence-corrected chi connectivity index (χ3v) is 9.64. The van der Waals surface area contributed by atoms with Gasteiger partial charge in [0.25, 0.3) is 0 Å². The number of carboxylic acids is 1. The van der Waals surface area contributed by atoms with Gasteiger partial charge in [-0.05, 0) is 104 Å². The minimum Gasteiger partial charge on any atom is -0.487 e. The van der Waals surface area contributed by atoms with Gasteiger partial charge in [0.05, 0.1) is 23.1 Å². The molecule has 4 N–H and O–H groups in total. The van der Waals surface area contributed by atoms with Crippen molar-refractivity contribution in [2.24, 2.45) is 22.9 Å². The van der Waals surface area contributed by atoms with E-state index in [-0.39, 0.29) is 29.1 Å². The standard InChI is InChI=1S/C32H43ClN2O6S/c1-2-5-22(15-17-42(34,39)40)7-13-30(36)28-12-9-25(28)20-35-16-4-3-6-23-18-27(33)11-8-26(23)21-41-31-14-10-24(32(37)38)19-29(31)35/h7-8,10-11,13-14,18-19,22,25,28,30,36H,2-6,9,12,15-17,20-21H2,1H3,(H,37,38)(H2,34,39,40)/b13-7+/t22?,25-,28+,30-/m0/s1. The number of sulfonamides is 1. The second-order valence-corrected chi connectivity index (χ2v) is 13.8.